The Bertz CT molecular complexity index is 548. The van der Waals surface area contributed by atoms with E-state index in [0.717, 1.165) is 12.8 Å². The van der Waals surface area contributed by atoms with Crippen LogP contribution in [0.15, 0.2) is 12.2 Å². The van der Waals surface area contributed by atoms with Gasteiger partial charge in [0.05, 0.1) is 11.8 Å². The maximum absolute atomic E-state index is 12.5. The van der Waals surface area contributed by atoms with E-state index in [1.807, 2.05) is 12.2 Å². The number of allylic oxidation sites excluding steroid dienone is 2. The summed E-state index contributed by atoms with van der Waals surface area (Å²) in [6, 6.07) is 0.240. The number of imide groups is 1. The van der Waals surface area contributed by atoms with Gasteiger partial charge in [-0.1, -0.05) is 69.9 Å². The molecule has 0 aromatic carbocycles. The first-order valence-corrected chi connectivity index (χ1v) is 11.5. The van der Waals surface area contributed by atoms with Gasteiger partial charge in [0, 0.05) is 19.0 Å². The van der Waals surface area contributed by atoms with Crippen molar-refractivity contribution in [3.05, 3.63) is 12.2 Å². The molecule has 0 aromatic rings. The Morgan fingerprint density at radius 2 is 1.29 bits per heavy atom. The summed E-state index contributed by atoms with van der Waals surface area (Å²) in [4.78, 5) is 38.8. The fourth-order valence-electron chi connectivity index (χ4n) is 4.91. The van der Waals surface area contributed by atoms with Crippen LogP contribution in [0.2, 0.25) is 0 Å². The van der Waals surface area contributed by atoms with Gasteiger partial charge in [0.2, 0.25) is 17.7 Å². The highest BCUT2D eigenvalue weighted by molar-refractivity contribution is 6.05. The number of nitrogens with zero attached hydrogens (tertiary/aromatic N) is 1. The van der Waals surface area contributed by atoms with Crippen molar-refractivity contribution in [3.63, 3.8) is 0 Å². The van der Waals surface area contributed by atoms with Gasteiger partial charge in [0.15, 0.2) is 0 Å². The third-order valence-corrected chi connectivity index (χ3v) is 6.63. The highest BCUT2D eigenvalue weighted by Crippen LogP contribution is 2.35. The first-order chi connectivity index (χ1) is 13.7. The molecule has 1 heterocycles. The molecule has 0 bridgehead atoms. The highest BCUT2D eigenvalue weighted by Gasteiger charge is 2.46. The lowest BCUT2D eigenvalue weighted by Gasteiger charge is -2.21. The van der Waals surface area contributed by atoms with Crippen molar-refractivity contribution in [1.29, 1.82) is 0 Å². The SMILES string of the molecule is O=C(CCN1C(=O)[C@H]2CC=CC[C@@H]2C1=O)NC1CCCCCCCCCCC1. The molecule has 0 radical (unpaired) electrons. The molecule has 1 N–H and O–H groups in total. The van der Waals surface area contributed by atoms with E-state index in [4.69, 9.17) is 0 Å². The van der Waals surface area contributed by atoms with Crippen molar-refractivity contribution < 1.29 is 14.4 Å². The first kappa shape index (κ1) is 21.1. The summed E-state index contributed by atoms with van der Waals surface area (Å²) in [5.41, 5.74) is 0. The van der Waals surface area contributed by atoms with Crippen LogP contribution in [0.5, 0.6) is 0 Å². The second-order valence-corrected chi connectivity index (χ2v) is 8.76. The van der Waals surface area contributed by atoms with Crippen LogP contribution >= 0.6 is 0 Å². The maximum atomic E-state index is 12.5. The minimum atomic E-state index is -0.202. The first-order valence-electron chi connectivity index (χ1n) is 11.5. The quantitative estimate of drug-likeness (QED) is 0.582. The lowest BCUT2D eigenvalue weighted by Crippen LogP contribution is -2.39. The summed E-state index contributed by atoms with van der Waals surface area (Å²) < 4.78 is 0. The van der Waals surface area contributed by atoms with Gasteiger partial charge in [0.1, 0.15) is 0 Å². The molecule has 3 amide bonds. The summed E-state index contributed by atoms with van der Waals surface area (Å²) in [5, 5.41) is 3.19. The second-order valence-electron chi connectivity index (χ2n) is 8.76. The molecular formula is C23H36N2O3. The van der Waals surface area contributed by atoms with Gasteiger partial charge >= 0.3 is 0 Å². The highest BCUT2D eigenvalue weighted by atomic mass is 16.2. The second kappa shape index (κ2) is 10.8. The van der Waals surface area contributed by atoms with Crippen molar-refractivity contribution in [3.8, 4) is 0 Å². The van der Waals surface area contributed by atoms with Crippen LogP contribution in [0.3, 0.4) is 0 Å². The number of rotatable bonds is 4. The Hall–Kier alpha value is -1.65. The smallest absolute Gasteiger partial charge is 0.233 e. The minimum absolute atomic E-state index is 0.0225. The number of carbonyl (C=O) groups is 3. The third-order valence-electron chi connectivity index (χ3n) is 6.63. The summed E-state index contributed by atoms with van der Waals surface area (Å²) in [7, 11) is 0. The number of carbonyl (C=O) groups excluding carboxylic acids is 3. The van der Waals surface area contributed by atoms with E-state index in [0.29, 0.717) is 12.8 Å². The molecule has 2 fully saturated rings. The summed E-state index contributed by atoms with van der Waals surface area (Å²) in [6.07, 6.45) is 19.1. The molecule has 156 valence electrons. The molecule has 0 unspecified atom stereocenters. The number of likely N-dealkylation sites (tertiary alicyclic amines) is 1. The van der Waals surface area contributed by atoms with Crippen LogP contribution in [0.4, 0.5) is 0 Å². The molecular weight excluding hydrogens is 352 g/mol. The van der Waals surface area contributed by atoms with Crippen LogP contribution in [0, 0.1) is 11.8 Å². The van der Waals surface area contributed by atoms with Gasteiger partial charge in [-0.2, -0.15) is 0 Å². The molecule has 1 saturated heterocycles. The number of hydrogen-bond donors (Lipinski definition) is 1. The predicted molar refractivity (Wildman–Crippen MR) is 109 cm³/mol. The molecule has 1 aliphatic heterocycles. The van der Waals surface area contributed by atoms with E-state index >= 15 is 0 Å². The van der Waals surface area contributed by atoms with Crippen molar-refractivity contribution in [1.82, 2.24) is 10.2 Å². The maximum Gasteiger partial charge on any atom is 0.233 e. The fraction of sp³-hybridized carbons (Fsp3) is 0.783. The molecule has 3 aliphatic rings. The molecule has 3 rings (SSSR count). The van der Waals surface area contributed by atoms with E-state index in [2.05, 4.69) is 5.32 Å². The average molecular weight is 389 g/mol. The number of amides is 3. The standard InChI is InChI=1S/C23H36N2O3/c26-21(24-18-12-8-6-4-2-1-3-5-7-9-13-18)16-17-25-22(27)19-14-10-11-15-20(19)23(25)28/h10-11,18-20H,1-9,12-17H2,(H,24,26)/t19-,20-/m0/s1. The molecule has 1 saturated carbocycles. The van der Waals surface area contributed by atoms with Gasteiger partial charge in [-0.25, -0.2) is 0 Å². The minimum Gasteiger partial charge on any atom is -0.353 e. The van der Waals surface area contributed by atoms with Crippen molar-refractivity contribution in [2.45, 2.75) is 95.9 Å². The Labute approximate surface area is 169 Å². The van der Waals surface area contributed by atoms with E-state index in [1.54, 1.807) is 0 Å². The topological polar surface area (TPSA) is 66.5 Å². The summed E-state index contributed by atoms with van der Waals surface area (Å²) in [6.45, 7) is 0.225. The molecule has 5 heteroatoms. The fourth-order valence-corrected chi connectivity index (χ4v) is 4.91. The summed E-state index contributed by atoms with van der Waals surface area (Å²) in [5.74, 6) is -0.597. The molecule has 2 aliphatic carbocycles. The predicted octanol–water partition coefficient (Wildman–Crippen LogP) is 4.12. The van der Waals surface area contributed by atoms with E-state index in [-0.39, 0.29) is 48.6 Å². The summed E-state index contributed by atoms with van der Waals surface area (Å²) >= 11 is 0. The van der Waals surface area contributed by atoms with Crippen LogP contribution in [0.1, 0.15) is 89.9 Å². The number of fused-ring (bicyclic) bond motifs is 1. The van der Waals surface area contributed by atoms with Crippen molar-refractivity contribution in [2.24, 2.45) is 11.8 Å². The van der Waals surface area contributed by atoms with E-state index < -0.39 is 0 Å². The van der Waals surface area contributed by atoms with Gasteiger partial charge in [-0.3, -0.25) is 19.3 Å². The van der Waals surface area contributed by atoms with Crippen LogP contribution in [-0.2, 0) is 14.4 Å². The van der Waals surface area contributed by atoms with Crippen LogP contribution in [0.25, 0.3) is 0 Å². The van der Waals surface area contributed by atoms with Gasteiger partial charge in [0.25, 0.3) is 0 Å². The molecule has 0 spiro atoms. The normalized spacial score (nSPS) is 27.8. The van der Waals surface area contributed by atoms with Crippen molar-refractivity contribution >= 4 is 17.7 Å². The Morgan fingerprint density at radius 1 is 0.821 bits per heavy atom. The Balaban J connectivity index is 1.44. The number of nitrogens with one attached hydrogen (secondary N) is 1. The molecule has 28 heavy (non-hydrogen) atoms. The van der Waals surface area contributed by atoms with Gasteiger partial charge in [-0.15, -0.1) is 0 Å². The zero-order valence-electron chi connectivity index (χ0n) is 17.2. The van der Waals surface area contributed by atoms with Gasteiger partial charge in [-0.05, 0) is 25.7 Å². The zero-order chi connectivity index (χ0) is 19.8. The molecule has 5 nitrogen and oxygen atoms in total. The molecule has 2 atom stereocenters. The largest absolute Gasteiger partial charge is 0.353 e. The molecule has 0 aromatic heterocycles. The zero-order valence-corrected chi connectivity index (χ0v) is 17.2. The monoisotopic (exact) mass is 388 g/mol. The van der Waals surface area contributed by atoms with Crippen LogP contribution in [-0.4, -0.2) is 35.2 Å². The van der Waals surface area contributed by atoms with Crippen molar-refractivity contribution in [2.75, 3.05) is 6.54 Å². The van der Waals surface area contributed by atoms with Crippen LogP contribution < -0.4 is 5.32 Å². The third kappa shape index (κ3) is 5.68. The lowest BCUT2D eigenvalue weighted by atomic mass is 9.85. The Kier molecular flexibility index (Phi) is 8.11. The number of hydrogen-bond acceptors (Lipinski definition) is 3. The lowest BCUT2D eigenvalue weighted by molar-refractivity contribution is -0.140. The Morgan fingerprint density at radius 3 is 1.79 bits per heavy atom. The van der Waals surface area contributed by atoms with E-state index in [9.17, 15) is 14.4 Å². The van der Waals surface area contributed by atoms with E-state index in [1.165, 1.54) is 62.7 Å². The van der Waals surface area contributed by atoms with Gasteiger partial charge < -0.3 is 5.32 Å². The average Bonchev–Trinajstić information content (AvgIpc) is 2.93.